The van der Waals surface area contributed by atoms with Gasteiger partial charge in [0.15, 0.2) is 6.29 Å². The molecule has 0 radical (unpaired) electrons. The molecule has 7 atom stereocenters. The molecule has 0 spiro atoms. The fourth-order valence-electron chi connectivity index (χ4n) is 6.87. The number of aliphatic hydroxyl groups is 5. The number of nitrogens with one attached hydrogen (secondary N) is 1. The van der Waals surface area contributed by atoms with Gasteiger partial charge in [0.05, 0.1) is 25.4 Å². The van der Waals surface area contributed by atoms with Crippen LogP contribution < -0.4 is 5.32 Å². The van der Waals surface area contributed by atoms with Crippen LogP contribution >= 0.6 is 0 Å². The normalized spacial score (nSPS) is 22.1. The van der Waals surface area contributed by atoms with E-state index in [1.807, 2.05) is 0 Å². The zero-order chi connectivity index (χ0) is 37.4. The minimum atomic E-state index is -1.55. The first-order valence-electron chi connectivity index (χ1n) is 21.4. The standard InChI is InChI=1S/C42H81NO8/c1-3-5-7-9-11-13-15-16-17-18-19-20-21-22-23-25-27-29-31-36(45)35(34-50-42-41(49)40(48)39(47)37(33-44)51-42)43-38(46)32-30-28-26-24-14-12-10-8-6-4-2/h8,10,35-37,39-42,44-45,47-49H,3-7,9,11-34H2,1-2H3,(H,43,46)/b10-8-. The van der Waals surface area contributed by atoms with Crippen LogP contribution in [0.3, 0.4) is 0 Å². The molecule has 0 aliphatic carbocycles. The van der Waals surface area contributed by atoms with Crippen molar-refractivity contribution in [3.63, 3.8) is 0 Å². The van der Waals surface area contributed by atoms with Crippen LogP contribution in [0, 0.1) is 0 Å². The Bertz CT molecular complexity index is 812. The third kappa shape index (κ3) is 24.8. The molecule has 0 aromatic carbocycles. The van der Waals surface area contributed by atoms with Gasteiger partial charge in [0.25, 0.3) is 0 Å². The number of unbranched alkanes of at least 4 members (excludes halogenated alkanes) is 23. The highest BCUT2D eigenvalue weighted by Gasteiger charge is 2.44. The summed E-state index contributed by atoms with van der Waals surface area (Å²) in [5, 5.41) is 54.1. The summed E-state index contributed by atoms with van der Waals surface area (Å²) in [6.07, 6.45) is 29.4. The monoisotopic (exact) mass is 728 g/mol. The number of allylic oxidation sites excluding steroid dienone is 2. The van der Waals surface area contributed by atoms with Gasteiger partial charge < -0.3 is 40.3 Å². The Morgan fingerprint density at radius 1 is 0.647 bits per heavy atom. The highest BCUT2D eigenvalue weighted by atomic mass is 16.7. The van der Waals surface area contributed by atoms with Crippen molar-refractivity contribution >= 4 is 5.91 Å². The zero-order valence-corrected chi connectivity index (χ0v) is 32.9. The molecule has 1 aliphatic rings. The van der Waals surface area contributed by atoms with Crippen molar-refractivity contribution in [2.45, 2.75) is 236 Å². The lowest BCUT2D eigenvalue weighted by Crippen LogP contribution is -2.60. The third-order valence-electron chi connectivity index (χ3n) is 10.3. The van der Waals surface area contributed by atoms with Crippen LogP contribution in [0.2, 0.25) is 0 Å². The highest BCUT2D eigenvalue weighted by Crippen LogP contribution is 2.23. The van der Waals surface area contributed by atoms with Crippen LogP contribution in [-0.2, 0) is 14.3 Å². The summed E-state index contributed by atoms with van der Waals surface area (Å²) in [5.74, 6) is -0.156. The number of aliphatic hydroxyl groups excluding tert-OH is 5. The zero-order valence-electron chi connectivity index (χ0n) is 32.9. The summed E-state index contributed by atoms with van der Waals surface area (Å²) in [5.41, 5.74) is 0. The molecule has 0 bridgehead atoms. The van der Waals surface area contributed by atoms with Crippen molar-refractivity contribution in [2.75, 3.05) is 13.2 Å². The molecule has 302 valence electrons. The summed E-state index contributed by atoms with van der Waals surface area (Å²) in [4.78, 5) is 12.9. The number of ether oxygens (including phenoxy) is 2. The minimum absolute atomic E-state index is 0.139. The second-order valence-electron chi connectivity index (χ2n) is 15.1. The van der Waals surface area contributed by atoms with Crippen molar-refractivity contribution in [1.29, 1.82) is 0 Å². The van der Waals surface area contributed by atoms with Crippen molar-refractivity contribution in [2.24, 2.45) is 0 Å². The Labute approximate surface area is 312 Å². The maximum absolute atomic E-state index is 12.9. The van der Waals surface area contributed by atoms with Gasteiger partial charge in [0.2, 0.25) is 5.91 Å². The number of amides is 1. The lowest BCUT2D eigenvalue weighted by Gasteiger charge is -2.40. The van der Waals surface area contributed by atoms with Crippen molar-refractivity contribution < 1.29 is 39.8 Å². The number of carbonyl (C=O) groups excluding carboxylic acids is 1. The Hall–Kier alpha value is -1.07. The maximum Gasteiger partial charge on any atom is 0.220 e. The number of hydrogen-bond donors (Lipinski definition) is 6. The van der Waals surface area contributed by atoms with Gasteiger partial charge in [-0.1, -0.05) is 167 Å². The van der Waals surface area contributed by atoms with Gasteiger partial charge >= 0.3 is 0 Å². The number of carbonyl (C=O) groups is 1. The molecule has 1 saturated heterocycles. The van der Waals surface area contributed by atoms with Crippen LogP contribution in [0.15, 0.2) is 12.2 Å². The summed E-state index contributed by atoms with van der Waals surface area (Å²) in [6, 6.07) is -0.717. The van der Waals surface area contributed by atoms with E-state index < -0.39 is 49.5 Å². The molecule has 1 heterocycles. The second-order valence-corrected chi connectivity index (χ2v) is 15.1. The minimum Gasteiger partial charge on any atom is -0.394 e. The van der Waals surface area contributed by atoms with Gasteiger partial charge in [-0.25, -0.2) is 0 Å². The first-order chi connectivity index (χ1) is 24.8. The van der Waals surface area contributed by atoms with Crippen LogP contribution in [0.1, 0.15) is 194 Å². The molecule has 9 nitrogen and oxygen atoms in total. The van der Waals surface area contributed by atoms with E-state index in [1.165, 1.54) is 103 Å². The lowest BCUT2D eigenvalue weighted by molar-refractivity contribution is -0.302. The second kappa shape index (κ2) is 33.5. The summed E-state index contributed by atoms with van der Waals surface area (Å²) in [6.45, 7) is 3.76. The van der Waals surface area contributed by atoms with E-state index in [1.54, 1.807) is 0 Å². The molecule has 0 saturated carbocycles. The molecule has 1 amide bonds. The van der Waals surface area contributed by atoms with Crippen molar-refractivity contribution in [3.05, 3.63) is 12.2 Å². The smallest absolute Gasteiger partial charge is 0.220 e. The largest absolute Gasteiger partial charge is 0.394 e. The Morgan fingerprint density at radius 2 is 1.14 bits per heavy atom. The first kappa shape index (κ1) is 48.0. The molecule has 0 aromatic rings. The molecule has 6 N–H and O–H groups in total. The van der Waals surface area contributed by atoms with Gasteiger partial charge in [0, 0.05) is 6.42 Å². The fraction of sp³-hybridized carbons (Fsp3) is 0.929. The van der Waals surface area contributed by atoms with Gasteiger partial charge in [-0.2, -0.15) is 0 Å². The van der Waals surface area contributed by atoms with Gasteiger partial charge in [-0.15, -0.1) is 0 Å². The van der Waals surface area contributed by atoms with E-state index >= 15 is 0 Å². The first-order valence-corrected chi connectivity index (χ1v) is 21.4. The Balaban J connectivity index is 2.33. The number of rotatable bonds is 35. The van der Waals surface area contributed by atoms with Gasteiger partial charge in [-0.3, -0.25) is 4.79 Å². The predicted octanol–water partition coefficient (Wildman–Crippen LogP) is 8.17. The molecule has 1 fully saturated rings. The van der Waals surface area contributed by atoms with E-state index in [9.17, 15) is 30.3 Å². The molecular formula is C42H81NO8. The van der Waals surface area contributed by atoms with E-state index in [0.29, 0.717) is 12.8 Å². The Kier molecular flexibility index (Phi) is 31.5. The summed E-state index contributed by atoms with van der Waals surface area (Å²) in [7, 11) is 0. The Morgan fingerprint density at radius 3 is 1.67 bits per heavy atom. The molecule has 7 unspecified atom stereocenters. The van der Waals surface area contributed by atoms with E-state index in [2.05, 4.69) is 31.3 Å². The molecule has 51 heavy (non-hydrogen) atoms. The SMILES string of the molecule is CCC/C=C\CCCCCCCC(=O)NC(COC1OC(CO)C(O)C(O)C1O)C(O)CCCCCCCCCCCCCCCCCCCC. The fourth-order valence-corrected chi connectivity index (χ4v) is 6.87. The van der Waals surface area contributed by atoms with E-state index in [0.717, 1.165) is 64.2 Å². The lowest BCUT2D eigenvalue weighted by atomic mass is 9.99. The maximum atomic E-state index is 12.9. The quantitative estimate of drug-likeness (QED) is 0.0283. The van der Waals surface area contributed by atoms with Crippen molar-refractivity contribution in [1.82, 2.24) is 5.32 Å². The predicted molar refractivity (Wildman–Crippen MR) is 207 cm³/mol. The van der Waals surface area contributed by atoms with Gasteiger partial charge in [-0.05, 0) is 32.1 Å². The molecule has 1 aliphatic heterocycles. The molecule has 9 heteroatoms. The summed E-state index contributed by atoms with van der Waals surface area (Å²) < 4.78 is 11.2. The molecular weight excluding hydrogens is 646 g/mol. The highest BCUT2D eigenvalue weighted by molar-refractivity contribution is 5.76. The van der Waals surface area contributed by atoms with Crippen LogP contribution in [0.4, 0.5) is 0 Å². The topological polar surface area (TPSA) is 149 Å². The average molecular weight is 728 g/mol. The molecule has 0 aromatic heterocycles. The molecule has 1 rings (SSSR count). The van der Waals surface area contributed by atoms with E-state index in [4.69, 9.17) is 9.47 Å². The van der Waals surface area contributed by atoms with E-state index in [-0.39, 0.29) is 12.5 Å². The van der Waals surface area contributed by atoms with Crippen molar-refractivity contribution in [3.8, 4) is 0 Å². The summed E-state index contributed by atoms with van der Waals surface area (Å²) >= 11 is 0. The van der Waals surface area contributed by atoms with Crippen LogP contribution in [0.25, 0.3) is 0 Å². The van der Waals surface area contributed by atoms with Crippen LogP contribution in [0.5, 0.6) is 0 Å². The number of hydrogen-bond acceptors (Lipinski definition) is 8. The van der Waals surface area contributed by atoms with Crippen LogP contribution in [-0.4, -0.2) is 87.5 Å². The average Bonchev–Trinajstić information content (AvgIpc) is 3.13. The van der Waals surface area contributed by atoms with Gasteiger partial charge in [0.1, 0.15) is 24.4 Å². The third-order valence-corrected chi connectivity index (χ3v) is 10.3.